The number of anilines is 1. The van der Waals surface area contributed by atoms with Crippen molar-refractivity contribution in [2.24, 2.45) is 11.8 Å². The van der Waals surface area contributed by atoms with Crippen LogP contribution >= 0.6 is 15.9 Å². The summed E-state index contributed by atoms with van der Waals surface area (Å²) in [6.07, 6.45) is 3.84. The normalized spacial score (nSPS) is 16.0. The summed E-state index contributed by atoms with van der Waals surface area (Å²) in [5.74, 6) is 1.31. The van der Waals surface area contributed by atoms with Gasteiger partial charge in [-0.05, 0) is 48.3 Å². The molecule has 1 aromatic carbocycles. The van der Waals surface area contributed by atoms with Crippen molar-refractivity contribution in [3.05, 3.63) is 29.3 Å². The number of carbonyl (C=O) groups is 1. The van der Waals surface area contributed by atoms with Crippen LogP contribution in [-0.2, 0) is 17.6 Å². The van der Waals surface area contributed by atoms with Crippen LogP contribution in [0, 0.1) is 11.8 Å². The van der Waals surface area contributed by atoms with E-state index in [1.165, 1.54) is 11.1 Å². The molecule has 1 amide bonds. The minimum Gasteiger partial charge on any atom is -0.312 e. The predicted octanol–water partition coefficient (Wildman–Crippen LogP) is 4.97. The molecule has 2 nitrogen and oxygen atoms in total. The van der Waals surface area contributed by atoms with Gasteiger partial charge in [0.1, 0.15) is 0 Å². The number of aryl methyl sites for hydroxylation is 1. The van der Waals surface area contributed by atoms with Crippen LogP contribution in [0.1, 0.15) is 51.7 Å². The molecule has 0 bridgehead atoms. The number of nitrogens with zero attached hydrogens (tertiary/aromatic N) is 1. The first-order chi connectivity index (χ1) is 10.4. The van der Waals surface area contributed by atoms with Gasteiger partial charge in [-0.3, -0.25) is 4.79 Å². The largest absolute Gasteiger partial charge is 0.312 e. The summed E-state index contributed by atoms with van der Waals surface area (Å²) in [6, 6.07) is 6.65. The van der Waals surface area contributed by atoms with E-state index in [0.29, 0.717) is 23.1 Å². The molecule has 1 unspecified atom stereocenters. The number of hydrogen-bond acceptors (Lipinski definition) is 1. The van der Waals surface area contributed by atoms with Gasteiger partial charge in [0.05, 0.1) is 0 Å². The summed E-state index contributed by atoms with van der Waals surface area (Å²) in [4.78, 5) is 14.9. The number of benzene rings is 1. The molecule has 0 N–H and O–H groups in total. The number of alkyl halides is 1. The molecular weight excluding hydrogens is 338 g/mol. The molecule has 1 aliphatic rings. The van der Waals surface area contributed by atoms with Crippen LogP contribution < -0.4 is 4.90 Å². The van der Waals surface area contributed by atoms with Crippen LogP contribution in [0.25, 0.3) is 0 Å². The van der Waals surface area contributed by atoms with E-state index in [9.17, 15) is 4.79 Å². The highest BCUT2D eigenvalue weighted by molar-refractivity contribution is 9.09. The Morgan fingerprint density at radius 3 is 2.64 bits per heavy atom. The molecule has 22 heavy (non-hydrogen) atoms. The van der Waals surface area contributed by atoms with Crippen molar-refractivity contribution >= 4 is 27.5 Å². The Hall–Kier alpha value is -0.830. The number of carbonyl (C=O) groups excluding carboxylic acids is 1. The van der Waals surface area contributed by atoms with Crippen LogP contribution in [-0.4, -0.2) is 17.3 Å². The van der Waals surface area contributed by atoms with Crippen molar-refractivity contribution in [2.75, 3.05) is 11.4 Å². The smallest absolute Gasteiger partial charge is 0.227 e. The third-order valence-corrected chi connectivity index (χ3v) is 5.68. The van der Waals surface area contributed by atoms with Gasteiger partial charge in [-0.1, -0.05) is 55.8 Å². The minimum absolute atomic E-state index is 0.268. The molecule has 0 saturated heterocycles. The topological polar surface area (TPSA) is 20.3 Å². The lowest BCUT2D eigenvalue weighted by atomic mass is 9.95. The van der Waals surface area contributed by atoms with Crippen LogP contribution in [0.5, 0.6) is 0 Å². The number of hydrogen-bond donors (Lipinski definition) is 0. The zero-order chi connectivity index (χ0) is 16.3. The number of amides is 1. The lowest BCUT2D eigenvalue weighted by Gasteiger charge is -2.30. The van der Waals surface area contributed by atoms with Crippen molar-refractivity contribution in [1.29, 1.82) is 0 Å². The Bertz CT molecular complexity index is 524. The Morgan fingerprint density at radius 2 is 2.00 bits per heavy atom. The van der Waals surface area contributed by atoms with Crippen molar-refractivity contribution in [3.8, 4) is 0 Å². The molecular formula is C19H28BrNO. The van der Waals surface area contributed by atoms with E-state index < -0.39 is 0 Å². The van der Waals surface area contributed by atoms with E-state index in [-0.39, 0.29) is 5.91 Å². The Kier molecular flexibility index (Phi) is 6.08. The van der Waals surface area contributed by atoms with Gasteiger partial charge in [-0.15, -0.1) is 0 Å². The first-order valence-electron chi connectivity index (χ1n) is 8.44. The summed E-state index contributed by atoms with van der Waals surface area (Å²) >= 11 is 3.77. The highest BCUT2D eigenvalue weighted by Gasteiger charge is 2.23. The van der Waals surface area contributed by atoms with Gasteiger partial charge in [-0.25, -0.2) is 0 Å². The van der Waals surface area contributed by atoms with E-state index in [0.717, 1.165) is 31.5 Å². The maximum Gasteiger partial charge on any atom is 0.227 e. The van der Waals surface area contributed by atoms with E-state index in [1.54, 1.807) is 0 Å². The highest BCUT2D eigenvalue weighted by Crippen LogP contribution is 2.30. The monoisotopic (exact) mass is 365 g/mol. The Balaban J connectivity index is 2.17. The summed E-state index contributed by atoms with van der Waals surface area (Å²) in [6.45, 7) is 9.56. The van der Waals surface area contributed by atoms with Crippen LogP contribution in [0.2, 0.25) is 0 Å². The van der Waals surface area contributed by atoms with Crippen molar-refractivity contribution < 1.29 is 4.79 Å². The SMILES string of the molecule is CC(C)CC(=O)N1CCCc2cc(CC(Br)C(C)C)ccc21. The number of fused-ring (bicyclic) bond motifs is 1. The standard InChI is InChI=1S/C19H28BrNO/c1-13(2)10-19(22)21-9-5-6-16-11-15(7-8-18(16)21)12-17(20)14(3)4/h7-8,11,13-14,17H,5-6,9-10,12H2,1-4H3. The molecule has 0 fully saturated rings. The van der Waals surface area contributed by atoms with Crippen molar-refractivity contribution in [1.82, 2.24) is 0 Å². The summed E-state index contributed by atoms with van der Waals surface area (Å²) in [7, 11) is 0. The second-order valence-electron chi connectivity index (χ2n) is 7.17. The fraction of sp³-hybridized carbons (Fsp3) is 0.632. The number of halogens is 1. The molecule has 0 aliphatic carbocycles. The molecule has 2 rings (SSSR count). The minimum atomic E-state index is 0.268. The van der Waals surface area contributed by atoms with Gasteiger partial charge in [0.25, 0.3) is 0 Å². The third-order valence-electron chi connectivity index (χ3n) is 4.30. The maximum atomic E-state index is 12.4. The summed E-state index contributed by atoms with van der Waals surface area (Å²) in [5.41, 5.74) is 3.84. The number of rotatable bonds is 5. The van der Waals surface area contributed by atoms with E-state index in [4.69, 9.17) is 0 Å². The van der Waals surface area contributed by atoms with E-state index in [1.807, 2.05) is 4.90 Å². The zero-order valence-corrected chi connectivity index (χ0v) is 15.8. The second-order valence-corrected chi connectivity index (χ2v) is 8.35. The summed E-state index contributed by atoms with van der Waals surface area (Å²) < 4.78 is 0. The van der Waals surface area contributed by atoms with Gasteiger partial charge in [-0.2, -0.15) is 0 Å². The first-order valence-corrected chi connectivity index (χ1v) is 9.36. The first kappa shape index (κ1) is 17.5. The Morgan fingerprint density at radius 1 is 1.27 bits per heavy atom. The summed E-state index contributed by atoms with van der Waals surface area (Å²) in [5, 5.41) is 0. The van der Waals surface area contributed by atoms with Crippen LogP contribution in [0.3, 0.4) is 0 Å². The molecule has 0 aromatic heterocycles. The van der Waals surface area contributed by atoms with E-state index >= 15 is 0 Å². The van der Waals surface area contributed by atoms with Crippen LogP contribution in [0.4, 0.5) is 5.69 Å². The van der Waals surface area contributed by atoms with Gasteiger partial charge in [0.2, 0.25) is 5.91 Å². The maximum absolute atomic E-state index is 12.4. The fourth-order valence-electron chi connectivity index (χ4n) is 2.96. The zero-order valence-electron chi connectivity index (χ0n) is 14.2. The Labute approximate surface area is 143 Å². The van der Waals surface area contributed by atoms with Gasteiger partial charge in [0.15, 0.2) is 0 Å². The second kappa shape index (κ2) is 7.63. The molecule has 1 heterocycles. The molecule has 0 radical (unpaired) electrons. The molecule has 1 atom stereocenters. The predicted molar refractivity (Wildman–Crippen MR) is 97.8 cm³/mol. The lowest BCUT2D eigenvalue weighted by Crippen LogP contribution is -2.36. The molecule has 1 aromatic rings. The molecule has 0 saturated carbocycles. The molecule has 3 heteroatoms. The molecule has 122 valence electrons. The van der Waals surface area contributed by atoms with E-state index in [2.05, 4.69) is 61.8 Å². The molecule has 1 aliphatic heterocycles. The third kappa shape index (κ3) is 4.34. The van der Waals surface area contributed by atoms with Crippen LogP contribution in [0.15, 0.2) is 18.2 Å². The quantitative estimate of drug-likeness (QED) is 0.674. The average Bonchev–Trinajstić information content (AvgIpc) is 2.45. The fourth-order valence-corrected chi connectivity index (χ4v) is 3.33. The van der Waals surface area contributed by atoms with Gasteiger partial charge >= 0.3 is 0 Å². The average molecular weight is 366 g/mol. The highest BCUT2D eigenvalue weighted by atomic mass is 79.9. The van der Waals surface area contributed by atoms with Gasteiger partial charge in [0, 0.05) is 23.5 Å². The lowest BCUT2D eigenvalue weighted by molar-refractivity contribution is -0.119. The van der Waals surface area contributed by atoms with Gasteiger partial charge < -0.3 is 4.90 Å². The van der Waals surface area contributed by atoms with Crippen molar-refractivity contribution in [3.63, 3.8) is 0 Å². The van der Waals surface area contributed by atoms with Crippen molar-refractivity contribution in [2.45, 2.75) is 58.2 Å². The molecule has 0 spiro atoms.